The summed E-state index contributed by atoms with van der Waals surface area (Å²) in [6, 6.07) is 0. The second-order valence-electron chi connectivity index (χ2n) is 29.3. The molecule has 0 saturated heterocycles. The molecule has 0 spiro atoms. The van der Waals surface area contributed by atoms with E-state index in [9.17, 15) is 43.2 Å². The first-order valence-corrected chi connectivity index (χ1v) is 44.6. The molecule has 0 rings (SSSR count). The Labute approximate surface area is 607 Å². The maximum Gasteiger partial charge on any atom is 0.472 e. The smallest absolute Gasteiger partial charge is 0.462 e. The Morgan fingerprint density at radius 2 is 0.465 bits per heavy atom. The average Bonchev–Trinajstić information content (AvgIpc) is 1.03. The lowest BCUT2D eigenvalue weighted by atomic mass is 10.0. The molecule has 0 heterocycles. The molecule has 17 nitrogen and oxygen atoms in total. The Hall–Kier alpha value is -1.94. The SMILES string of the molecule is CCCCCCCCCCCCCCCCCCCCCC(=O)O[C@H](COC(=O)CCCCCCCCCCCCCCCC(C)C)COP(=O)(O)OC[C@@H](O)COP(=O)(O)OC[C@@H](COC(=O)CCCCCCCCCCC)OC(=O)CCCCCCCCCCCCCCCCC. The molecule has 0 aromatic carbocycles. The number of unbranched alkanes of at least 4 members (excludes halogenated alkanes) is 52. The van der Waals surface area contributed by atoms with E-state index in [1.165, 1.54) is 250 Å². The number of ether oxygens (including phenoxy) is 4. The minimum atomic E-state index is -4.96. The third-order valence-electron chi connectivity index (χ3n) is 18.8. The van der Waals surface area contributed by atoms with Crippen molar-refractivity contribution >= 4 is 39.5 Å². The molecule has 2 unspecified atom stereocenters. The fraction of sp³-hybridized carbons (Fsp3) is 0.950. The van der Waals surface area contributed by atoms with Crippen LogP contribution in [0.1, 0.15) is 426 Å². The third-order valence-corrected chi connectivity index (χ3v) is 20.7. The minimum absolute atomic E-state index is 0.108. The molecule has 0 aliphatic carbocycles. The van der Waals surface area contributed by atoms with Crippen molar-refractivity contribution in [3.8, 4) is 0 Å². The normalized spacial score (nSPS) is 13.9. The lowest BCUT2D eigenvalue weighted by Gasteiger charge is -2.21. The van der Waals surface area contributed by atoms with E-state index in [0.717, 1.165) is 95.8 Å². The summed E-state index contributed by atoms with van der Waals surface area (Å²) in [7, 11) is -9.91. The first kappa shape index (κ1) is 97.1. The summed E-state index contributed by atoms with van der Waals surface area (Å²) < 4.78 is 68.7. The maximum absolute atomic E-state index is 13.1. The van der Waals surface area contributed by atoms with Gasteiger partial charge in [0.1, 0.15) is 19.3 Å². The highest BCUT2D eigenvalue weighted by Gasteiger charge is 2.30. The van der Waals surface area contributed by atoms with Gasteiger partial charge in [0.15, 0.2) is 12.2 Å². The van der Waals surface area contributed by atoms with Crippen LogP contribution in [0.4, 0.5) is 0 Å². The molecule has 5 atom stereocenters. The Bertz CT molecular complexity index is 1890. The van der Waals surface area contributed by atoms with Gasteiger partial charge in [-0.3, -0.25) is 37.3 Å². The van der Waals surface area contributed by atoms with E-state index in [1.807, 2.05) is 0 Å². The largest absolute Gasteiger partial charge is 0.472 e. The summed E-state index contributed by atoms with van der Waals surface area (Å²) in [6.45, 7) is 7.33. The zero-order valence-electron chi connectivity index (χ0n) is 64.6. The van der Waals surface area contributed by atoms with Crippen LogP contribution in [0.2, 0.25) is 0 Å². The molecule has 0 aromatic heterocycles. The number of esters is 4. The predicted octanol–water partition coefficient (Wildman–Crippen LogP) is 24.0. The number of phosphoric acid groups is 2. The van der Waals surface area contributed by atoms with Gasteiger partial charge in [-0.25, -0.2) is 9.13 Å². The highest BCUT2D eigenvalue weighted by molar-refractivity contribution is 7.47. The van der Waals surface area contributed by atoms with Gasteiger partial charge in [-0.15, -0.1) is 0 Å². The van der Waals surface area contributed by atoms with E-state index >= 15 is 0 Å². The topological polar surface area (TPSA) is 237 Å². The summed E-state index contributed by atoms with van der Waals surface area (Å²) in [5.74, 6) is -1.32. The number of phosphoric ester groups is 2. The van der Waals surface area contributed by atoms with Crippen LogP contribution in [0.15, 0.2) is 0 Å². The van der Waals surface area contributed by atoms with Gasteiger partial charge in [0.05, 0.1) is 26.4 Å². The Kier molecular flexibility index (Phi) is 71.6. The number of hydrogen-bond donors (Lipinski definition) is 3. The van der Waals surface area contributed by atoms with Crippen molar-refractivity contribution in [3.05, 3.63) is 0 Å². The molecule has 0 amide bonds. The fourth-order valence-electron chi connectivity index (χ4n) is 12.4. The van der Waals surface area contributed by atoms with E-state index in [2.05, 4.69) is 34.6 Å². The molecule has 0 fully saturated rings. The monoisotopic (exact) mass is 1450 g/mol. The van der Waals surface area contributed by atoms with E-state index in [1.54, 1.807) is 0 Å². The van der Waals surface area contributed by atoms with Crippen molar-refractivity contribution in [1.29, 1.82) is 0 Å². The Balaban J connectivity index is 5.22. The zero-order chi connectivity index (χ0) is 72.7. The van der Waals surface area contributed by atoms with Gasteiger partial charge in [-0.1, -0.05) is 375 Å². The molecule has 0 aliphatic heterocycles. The second-order valence-corrected chi connectivity index (χ2v) is 32.2. The molecule has 3 N–H and O–H groups in total. The van der Waals surface area contributed by atoms with E-state index in [0.29, 0.717) is 25.7 Å². The molecule has 19 heteroatoms. The molecule has 0 radical (unpaired) electrons. The van der Waals surface area contributed by atoms with Crippen LogP contribution in [0, 0.1) is 5.92 Å². The van der Waals surface area contributed by atoms with Gasteiger partial charge in [0, 0.05) is 25.7 Å². The van der Waals surface area contributed by atoms with E-state index < -0.39 is 97.5 Å². The highest BCUT2D eigenvalue weighted by Crippen LogP contribution is 2.45. The van der Waals surface area contributed by atoms with Crippen LogP contribution < -0.4 is 0 Å². The van der Waals surface area contributed by atoms with Crippen LogP contribution in [0.25, 0.3) is 0 Å². The fourth-order valence-corrected chi connectivity index (χ4v) is 14.0. The predicted molar refractivity (Wildman–Crippen MR) is 405 cm³/mol. The first-order chi connectivity index (χ1) is 48.0. The van der Waals surface area contributed by atoms with Gasteiger partial charge < -0.3 is 33.8 Å². The summed E-state index contributed by atoms with van der Waals surface area (Å²) in [4.78, 5) is 72.9. The number of aliphatic hydroxyl groups excluding tert-OH is 1. The lowest BCUT2D eigenvalue weighted by Crippen LogP contribution is -2.30. The number of hydrogen-bond acceptors (Lipinski definition) is 15. The molecule has 99 heavy (non-hydrogen) atoms. The Morgan fingerprint density at radius 1 is 0.273 bits per heavy atom. The van der Waals surface area contributed by atoms with Crippen molar-refractivity contribution in [2.24, 2.45) is 5.92 Å². The summed E-state index contributed by atoms with van der Waals surface area (Å²) in [6.07, 6.45) is 63.8. The van der Waals surface area contributed by atoms with Gasteiger partial charge in [0.25, 0.3) is 0 Å². The van der Waals surface area contributed by atoms with Gasteiger partial charge >= 0.3 is 39.5 Å². The van der Waals surface area contributed by atoms with Crippen LogP contribution in [0.3, 0.4) is 0 Å². The third kappa shape index (κ3) is 74.1. The molecule has 0 saturated carbocycles. The average molecular weight is 1450 g/mol. The molecule has 588 valence electrons. The van der Waals surface area contributed by atoms with E-state index in [-0.39, 0.29) is 25.7 Å². The van der Waals surface area contributed by atoms with Crippen LogP contribution in [-0.4, -0.2) is 96.7 Å². The standard InChI is InChI=1S/C80H156O17P2/c1-6-9-12-15-18-21-23-25-27-28-29-30-32-36-41-46-51-56-61-66-80(85)97-76(70-91-78(83)64-59-54-49-44-39-37-33-34-38-43-47-52-57-62-73(4)5)72-95-99(88,89)93-68-74(81)67-92-98(86,87)94-71-75(69-90-77(82)63-58-53-48-42-20-17-14-11-8-3)96-79(84)65-60-55-50-45-40-35-31-26-24-22-19-16-13-10-7-2/h73-76,81H,6-72H2,1-5H3,(H,86,87)(H,88,89)/t74-,75+,76+/m0/s1. The van der Waals surface area contributed by atoms with Crippen molar-refractivity contribution in [2.75, 3.05) is 39.6 Å². The Morgan fingerprint density at radius 3 is 0.687 bits per heavy atom. The van der Waals surface area contributed by atoms with Gasteiger partial charge in [0.2, 0.25) is 0 Å². The number of carbonyl (C=O) groups is 4. The number of carbonyl (C=O) groups excluding carboxylic acids is 4. The van der Waals surface area contributed by atoms with Crippen LogP contribution in [-0.2, 0) is 65.4 Å². The summed E-state index contributed by atoms with van der Waals surface area (Å²) in [5.41, 5.74) is 0. The van der Waals surface area contributed by atoms with Crippen LogP contribution in [0.5, 0.6) is 0 Å². The highest BCUT2D eigenvalue weighted by atomic mass is 31.2. The molecule has 0 aliphatic rings. The van der Waals surface area contributed by atoms with Crippen molar-refractivity contribution < 1.29 is 80.2 Å². The van der Waals surface area contributed by atoms with Crippen molar-refractivity contribution in [1.82, 2.24) is 0 Å². The molecule has 0 bridgehead atoms. The van der Waals surface area contributed by atoms with E-state index in [4.69, 9.17) is 37.0 Å². The molecular formula is C80H156O17P2. The van der Waals surface area contributed by atoms with Crippen molar-refractivity contribution in [2.45, 2.75) is 445 Å². The zero-order valence-corrected chi connectivity index (χ0v) is 66.4. The van der Waals surface area contributed by atoms with Crippen LogP contribution >= 0.6 is 15.6 Å². The quantitative estimate of drug-likeness (QED) is 0.0222. The number of rotatable bonds is 80. The maximum atomic E-state index is 13.1. The molecule has 0 aromatic rings. The summed E-state index contributed by atoms with van der Waals surface area (Å²) >= 11 is 0. The van der Waals surface area contributed by atoms with Gasteiger partial charge in [-0.05, 0) is 31.6 Å². The van der Waals surface area contributed by atoms with Gasteiger partial charge in [-0.2, -0.15) is 0 Å². The van der Waals surface area contributed by atoms with Crippen molar-refractivity contribution in [3.63, 3.8) is 0 Å². The number of aliphatic hydroxyl groups is 1. The first-order valence-electron chi connectivity index (χ1n) is 41.6. The molecular weight excluding hydrogens is 1290 g/mol. The minimum Gasteiger partial charge on any atom is -0.462 e. The summed E-state index contributed by atoms with van der Waals surface area (Å²) in [5, 5.41) is 10.6. The second kappa shape index (κ2) is 73.0. The lowest BCUT2D eigenvalue weighted by molar-refractivity contribution is -0.161.